The summed E-state index contributed by atoms with van der Waals surface area (Å²) >= 11 is 0. The molecule has 1 N–H and O–H groups in total. The van der Waals surface area contributed by atoms with E-state index in [1.165, 1.54) is 69.8 Å². The second-order valence-electron chi connectivity index (χ2n) is 7.77. The molecular weight excluding hydrogens is 292 g/mol. The Morgan fingerprint density at radius 1 is 0.833 bits per heavy atom. The molecule has 0 radical (unpaired) electrons. The number of phenolic OH excluding ortho intramolecular Hbond substituents is 1. The van der Waals surface area contributed by atoms with Crippen molar-refractivity contribution in [2.24, 2.45) is 11.8 Å². The van der Waals surface area contributed by atoms with Crippen molar-refractivity contribution in [1.29, 1.82) is 0 Å². The fourth-order valence-corrected chi connectivity index (χ4v) is 4.02. The van der Waals surface area contributed by atoms with Gasteiger partial charge in [-0.3, -0.25) is 0 Å². The minimum Gasteiger partial charge on any atom is -0.508 e. The van der Waals surface area contributed by atoms with Gasteiger partial charge in [-0.2, -0.15) is 0 Å². The van der Waals surface area contributed by atoms with E-state index in [-0.39, 0.29) is 0 Å². The highest BCUT2D eigenvalue weighted by molar-refractivity contribution is 5.35. The Morgan fingerprint density at radius 2 is 1.50 bits per heavy atom. The predicted molar refractivity (Wildman–Crippen MR) is 107 cm³/mol. The van der Waals surface area contributed by atoms with E-state index in [4.69, 9.17) is 0 Å². The van der Waals surface area contributed by atoms with Crippen LogP contribution in [0, 0.1) is 11.8 Å². The van der Waals surface area contributed by atoms with Gasteiger partial charge in [0.15, 0.2) is 0 Å². The number of hydrogen-bond acceptors (Lipinski definition) is 1. The molecule has 3 atom stereocenters. The standard InChI is InChI=1S/C23H40O/c1-5-8-13-19(4)17-21(22-15-10-11-16-23(22)24)18-20(12-7-3)14-9-6-2/h10-11,15-16,19-21,24H,5-9,12-14,17-18H2,1-4H3. The molecule has 1 heteroatoms. The molecule has 0 saturated carbocycles. The fourth-order valence-electron chi connectivity index (χ4n) is 4.02. The first-order chi connectivity index (χ1) is 11.6. The Bertz CT molecular complexity index is 426. The Labute approximate surface area is 150 Å². The number of phenols is 1. The predicted octanol–water partition coefficient (Wildman–Crippen LogP) is 7.69. The van der Waals surface area contributed by atoms with Gasteiger partial charge in [-0.1, -0.05) is 97.3 Å². The first-order valence-corrected chi connectivity index (χ1v) is 10.4. The Balaban J connectivity index is 2.84. The van der Waals surface area contributed by atoms with E-state index < -0.39 is 0 Å². The summed E-state index contributed by atoms with van der Waals surface area (Å²) < 4.78 is 0. The zero-order chi connectivity index (χ0) is 17.8. The third-order valence-corrected chi connectivity index (χ3v) is 5.39. The summed E-state index contributed by atoms with van der Waals surface area (Å²) in [5.41, 5.74) is 1.18. The van der Waals surface area contributed by atoms with Crippen molar-refractivity contribution < 1.29 is 5.11 Å². The smallest absolute Gasteiger partial charge is 0.119 e. The van der Waals surface area contributed by atoms with Crippen molar-refractivity contribution in [3.05, 3.63) is 29.8 Å². The minimum atomic E-state index is 0.496. The van der Waals surface area contributed by atoms with Crippen LogP contribution in [0.25, 0.3) is 0 Å². The molecule has 1 aromatic rings. The number of para-hydroxylation sites is 1. The van der Waals surface area contributed by atoms with Crippen molar-refractivity contribution in [1.82, 2.24) is 0 Å². The van der Waals surface area contributed by atoms with E-state index in [9.17, 15) is 5.11 Å². The highest BCUT2D eigenvalue weighted by atomic mass is 16.3. The van der Waals surface area contributed by atoms with Crippen molar-refractivity contribution >= 4 is 0 Å². The first-order valence-electron chi connectivity index (χ1n) is 10.4. The summed E-state index contributed by atoms with van der Waals surface area (Å²) in [4.78, 5) is 0. The van der Waals surface area contributed by atoms with E-state index in [0.717, 1.165) is 11.8 Å². The minimum absolute atomic E-state index is 0.496. The van der Waals surface area contributed by atoms with Gasteiger partial charge in [0, 0.05) is 0 Å². The number of hydrogen-bond donors (Lipinski definition) is 1. The Hall–Kier alpha value is -0.980. The summed E-state index contributed by atoms with van der Waals surface area (Å²) in [6.45, 7) is 9.26. The van der Waals surface area contributed by atoms with E-state index in [1.807, 2.05) is 12.1 Å². The van der Waals surface area contributed by atoms with Crippen molar-refractivity contribution in [3.8, 4) is 5.75 Å². The molecule has 0 saturated heterocycles. The molecular formula is C23H40O. The summed E-state index contributed by atoms with van der Waals surface area (Å²) in [5, 5.41) is 10.4. The quantitative estimate of drug-likeness (QED) is 0.392. The maximum Gasteiger partial charge on any atom is 0.119 e. The van der Waals surface area contributed by atoms with Gasteiger partial charge in [-0.25, -0.2) is 0 Å². The third kappa shape index (κ3) is 7.73. The van der Waals surface area contributed by atoms with E-state index in [1.54, 1.807) is 0 Å². The fraction of sp³-hybridized carbons (Fsp3) is 0.739. The Kier molecular flexibility index (Phi) is 10.9. The lowest BCUT2D eigenvalue weighted by atomic mass is 9.79. The molecule has 24 heavy (non-hydrogen) atoms. The van der Waals surface area contributed by atoms with E-state index in [2.05, 4.69) is 39.8 Å². The molecule has 0 aromatic heterocycles. The molecule has 0 amide bonds. The number of benzene rings is 1. The van der Waals surface area contributed by atoms with Crippen LogP contribution in [0.4, 0.5) is 0 Å². The van der Waals surface area contributed by atoms with Crippen molar-refractivity contribution in [3.63, 3.8) is 0 Å². The van der Waals surface area contributed by atoms with Gasteiger partial charge in [-0.05, 0) is 42.2 Å². The van der Waals surface area contributed by atoms with Crippen LogP contribution in [0.2, 0.25) is 0 Å². The van der Waals surface area contributed by atoms with Crippen LogP contribution in [-0.4, -0.2) is 5.11 Å². The van der Waals surface area contributed by atoms with Crippen LogP contribution in [0.5, 0.6) is 5.75 Å². The van der Waals surface area contributed by atoms with Gasteiger partial charge < -0.3 is 5.11 Å². The molecule has 138 valence electrons. The van der Waals surface area contributed by atoms with Crippen molar-refractivity contribution in [2.45, 2.75) is 97.8 Å². The SMILES string of the molecule is CCCCC(C)CC(CC(CCC)CCCC)c1ccccc1O. The molecule has 0 aliphatic carbocycles. The molecule has 0 aliphatic heterocycles. The normalized spacial score (nSPS) is 15.2. The molecule has 1 aromatic carbocycles. The molecule has 0 bridgehead atoms. The largest absolute Gasteiger partial charge is 0.508 e. The lowest BCUT2D eigenvalue weighted by Crippen LogP contribution is -2.12. The van der Waals surface area contributed by atoms with Crippen LogP contribution in [0.15, 0.2) is 24.3 Å². The first kappa shape index (κ1) is 21.1. The molecule has 1 rings (SSSR count). The molecule has 1 nitrogen and oxygen atoms in total. The maximum atomic E-state index is 10.4. The van der Waals surface area contributed by atoms with Crippen LogP contribution < -0.4 is 0 Å². The number of rotatable bonds is 13. The number of aromatic hydroxyl groups is 1. The summed E-state index contributed by atoms with van der Waals surface area (Å²) in [6, 6.07) is 8.03. The zero-order valence-corrected chi connectivity index (χ0v) is 16.6. The third-order valence-electron chi connectivity index (χ3n) is 5.39. The average molecular weight is 333 g/mol. The molecule has 0 spiro atoms. The van der Waals surface area contributed by atoms with Gasteiger partial charge in [0.05, 0.1) is 0 Å². The van der Waals surface area contributed by atoms with E-state index >= 15 is 0 Å². The second-order valence-corrected chi connectivity index (χ2v) is 7.77. The van der Waals surface area contributed by atoms with Crippen LogP contribution in [0.1, 0.15) is 103 Å². The Morgan fingerprint density at radius 3 is 2.12 bits per heavy atom. The van der Waals surface area contributed by atoms with Crippen LogP contribution in [0.3, 0.4) is 0 Å². The topological polar surface area (TPSA) is 20.2 Å². The summed E-state index contributed by atoms with van der Waals surface area (Å²) in [5.74, 6) is 2.54. The van der Waals surface area contributed by atoms with Gasteiger partial charge in [0.1, 0.15) is 5.75 Å². The molecule has 0 fully saturated rings. The highest BCUT2D eigenvalue weighted by Gasteiger charge is 2.22. The maximum absolute atomic E-state index is 10.4. The lowest BCUT2D eigenvalue weighted by Gasteiger charge is -2.27. The molecule has 0 heterocycles. The number of unbranched alkanes of at least 4 members (excludes halogenated alkanes) is 2. The average Bonchev–Trinajstić information content (AvgIpc) is 2.57. The summed E-state index contributed by atoms with van der Waals surface area (Å²) in [6.07, 6.45) is 12.9. The molecule has 0 aliphatic rings. The zero-order valence-electron chi connectivity index (χ0n) is 16.6. The molecule has 3 unspecified atom stereocenters. The van der Waals surface area contributed by atoms with Gasteiger partial charge >= 0.3 is 0 Å². The van der Waals surface area contributed by atoms with Crippen LogP contribution >= 0.6 is 0 Å². The van der Waals surface area contributed by atoms with E-state index in [0.29, 0.717) is 11.7 Å². The monoisotopic (exact) mass is 332 g/mol. The van der Waals surface area contributed by atoms with Crippen LogP contribution in [-0.2, 0) is 0 Å². The van der Waals surface area contributed by atoms with Gasteiger partial charge in [0.2, 0.25) is 0 Å². The second kappa shape index (κ2) is 12.4. The van der Waals surface area contributed by atoms with Crippen molar-refractivity contribution in [2.75, 3.05) is 0 Å². The van der Waals surface area contributed by atoms with Gasteiger partial charge in [0.25, 0.3) is 0 Å². The lowest BCUT2D eigenvalue weighted by molar-refractivity contribution is 0.324. The highest BCUT2D eigenvalue weighted by Crippen LogP contribution is 2.38. The summed E-state index contributed by atoms with van der Waals surface area (Å²) in [7, 11) is 0. The van der Waals surface area contributed by atoms with Gasteiger partial charge in [-0.15, -0.1) is 0 Å².